The van der Waals surface area contributed by atoms with Gasteiger partial charge in [0.05, 0.1) is 12.3 Å². The molecule has 0 radical (unpaired) electrons. The van der Waals surface area contributed by atoms with Crippen LogP contribution in [0.25, 0.3) is 11.0 Å². The van der Waals surface area contributed by atoms with E-state index in [0.29, 0.717) is 24.3 Å². The zero-order valence-electron chi connectivity index (χ0n) is 16.9. The number of furan rings is 1. The molecule has 1 atom stereocenters. The van der Waals surface area contributed by atoms with Crippen molar-refractivity contribution < 1.29 is 18.8 Å². The number of urea groups is 1. The molecule has 1 aromatic heterocycles. The maximum atomic E-state index is 13.1. The number of carbonyl (C=O) groups is 3. The Kier molecular flexibility index (Phi) is 4.35. The summed E-state index contributed by atoms with van der Waals surface area (Å²) in [6.45, 7) is 1.61. The van der Waals surface area contributed by atoms with Gasteiger partial charge < -0.3 is 9.73 Å². The van der Waals surface area contributed by atoms with Crippen molar-refractivity contribution in [2.45, 2.75) is 18.9 Å². The largest absolute Gasteiger partial charge is 0.458 e. The number of amides is 4. The molecule has 5 rings (SSSR count). The average molecular weight is 416 g/mol. The van der Waals surface area contributed by atoms with Crippen molar-refractivity contribution in [3.8, 4) is 0 Å². The Morgan fingerprint density at radius 3 is 2.65 bits per heavy atom. The van der Waals surface area contributed by atoms with Crippen LogP contribution < -0.4 is 5.32 Å². The van der Waals surface area contributed by atoms with E-state index in [1.807, 2.05) is 48.5 Å². The van der Waals surface area contributed by atoms with Gasteiger partial charge in [-0.15, -0.1) is 0 Å². The number of benzene rings is 2. The molecular formula is C23H20N4O4. The fourth-order valence-corrected chi connectivity index (χ4v) is 3.92. The third-order valence-corrected chi connectivity index (χ3v) is 5.68. The highest BCUT2D eigenvalue weighted by molar-refractivity contribution is 6.09. The van der Waals surface area contributed by atoms with Crippen LogP contribution in [0.4, 0.5) is 4.79 Å². The summed E-state index contributed by atoms with van der Waals surface area (Å²) in [4.78, 5) is 39.4. The van der Waals surface area contributed by atoms with Crippen molar-refractivity contribution in [2.24, 2.45) is 5.10 Å². The Bertz CT molecular complexity index is 1200. The Morgan fingerprint density at radius 1 is 1.13 bits per heavy atom. The lowest BCUT2D eigenvalue weighted by Gasteiger charge is -2.19. The number of nitrogens with one attached hydrogen (secondary N) is 1. The number of hydrazone groups is 1. The zero-order valence-corrected chi connectivity index (χ0v) is 16.9. The van der Waals surface area contributed by atoms with Gasteiger partial charge in [-0.05, 0) is 24.6 Å². The Balaban J connectivity index is 1.34. The smallest absolute Gasteiger partial charge is 0.325 e. The van der Waals surface area contributed by atoms with E-state index in [1.54, 1.807) is 19.1 Å². The van der Waals surface area contributed by atoms with Gasteiger partial charge in [-0.3, -0.25) is 14.5 Å². The summed E-state index contributed by atoms with van der Waals surface area (Å²) in [6, 6.07) is 18.1. The predicted octanol–water partition coefficient (Wildman–Crippen LogP) is 2.84. The summed E-state index contributed by atoms with van der Waals surface area (Å²) in [7, 11) is 0. The van der Waals surface area contributed by atoms with Crippen molar-refractivity contribution in [3.63, 3.8) is 0 Å². The molecule has 1 saturated heterocycles. The van der Waals surface area contributed by atoms with Crippen LogP contribution in [0, 0.1) is 0 Å². The number of para-hydroxylation sites is 1. The summed E-state index contributed by atoms with van der Waals surface area (Å²) in [5.74, 6) is -0.618. The maximum Gasteiger partial charge on any atom is 0.325 e. The molecule has 156 valence electrons. The maximum absolute atomic E-state index is 13.1. The number of hydrogen-bond donors (Lipinski definition) is 1. The van der Waals surface area contributed by atoms with Crippen molar-refractivity contribution >= 4 is 34.5 Å². The predicted molar refractivity (Wildman–Crippen MR) is 113 cm³/mol. The van der Waals surface area contributed by atoms with E-state index in [2.05, 4.69) is 10.4 Å². The van der Waals surface area contributed by atoms with Crippen LogP contribution in [0.2, 0.25) is 0 Å². The summed E-state index contributed by atoms with van der Waals surface area (Å²) < 4.78 is 5.81. The molecule has 2 aliphatic heterocycles. The lowest BCUT2D eigenvalue weighted by molar-refractivity contribution is -0.138. The van der Waals surface area contributed by atoms with Crippen molar-refractivity contribution in [2.75, 3.05) is 13.1 Å². The molecule has 31 heavy (non-hydrogen) atoms. The molecule has 2 aromatic carbocycles. The molecule has 3 heterocycles. The quantitative estimate of drug-likeness (QED) is 0.662. The van der Waals surface area contributed by atoms with E-state index in [9.17, 15) is 14.4 Å². The molecule has 1 N–H and O–H groups in total. The molecule has 0 saturated carbocycles. The summed E-state index contributed by atoms with van der Waals surface area (Å²) in [6.07, 6.45) is 0.618. The van der Waals surface area contributed by atoms with Gasteiger partial charge in [0, 0.05) is 11.8 Å². The summed E-state index contributed by atoms with van der Waals surface area (Å²) >= 11 is 0. The lowest BCUT2D eigenvalue weighted by atomic mass is 9.99. The second-order valence-electron chi connectivity index (χ2n) is 7.77. The first-order chi connectivity index (χ1) is 15.0. The van der Waals surface area contributed by atoms with Crippen LogP contribution in [0.3, 0.4) is 0 Å². The minimum absolute atomic E-state index is 0.326. The Hall–Kier alpha value is -3.94. The minimum atomic E-state index is -1.38. The Labute approximate surface area is 178 Å². The van der Waals surface area contributed by atoms with Gasteiger partial charge in [-0.1, -0.05) is 48.5 Å². The average Bonchev–Trinajstić information content (AvgIpc) is 3.49. The molecule has 8 nitrogen and oxygen atoms in total. The Morgan fingerprint density at radius 2 is 1.87 bits per heavy atom. The van der Waals surface area contributed by atoms with Gasteiger partial charge in [0.25, 0.3) is 11.8 Å². The van der Waals surface area contributed by atoms with Crippen LogP contribution in [0.1, 0.15) is 24.7 Å². The van der Waals surface area contributed by atoms with E-state index in [4.69, 9.17) is 4.42 Å². The third-order valence-electron chi connectivity index (χ3n) is 5.68. The molecule has 1 fully saturated rings. The highest BCUT2D eigenvalue weighted by Crippen LogP contribution is 2.33. The first kappa shape index (κ1) is 19.0. The highest BCUT2D eigenvalue weighted by atomic mass is 16.3. The number of fused-ring (bicyclic) bond motifs is 1. The molecule has 0 spiro atoms. The van der Waals surface area contributed by atoms with Crippen molar-refractivity contribution in [3.05, 3.63) is 72.0 Å². The van der Waals surface area contributed by atoms with Crippen LogP contribution in [0.5, 0.6) is 0 Å². The summed E-state index contributed by atoms with van der Waals surface area (Å²) in [5.41, 5.74) is 0.999. The van der Waals surface area contributed by atoms with Gasteiger partial charge in [0.1, 0.15) is 17.9 Å². The fraction of sp³-hybridized carbons (Fsp3) is 0.217. The van der Waals surface area contributed by atoms with Gasteiger partial charge in [-0.25, -0.2) is 9.80 Å². The monoisotopic (exact) mass is 416 g/mol. The molecule has 4 amide bonds. The normalized spacial score (nSPS) is 21.0. The number of rotatable bonds is 4. The SMILES string of the molecule is CC1(c2cc3ccccc3o2)NC(=O)N(CC(=O)N2CCC(c3ccccc3)=N2)C1=O. The van der Waals surface area contributed by atoms with Gasteiger partial charge in [0.2, 0.25) is 0 Å². The zero-order chi connectivity index (χ0) is 21.6. The topological polar surface area (TPSA) is 95.2 Å². The molecule has 3 aromatic rings. The molecule has 1 unspecified atom stereocenters. The van der Waals surface area contributed by atoms with E-state index < -0.39 is 23.4 Å². The van der Waals surface area contributed by atoms with Crippen molar-refractivity contribution in [1.82, 2.24) is 15.2 Å². The number of carbonyl (C=O) groups excluding carboxylic acids is 3. The molecule has 0 aliphatic carbocycles. The standard InChI is InChI=1S/C23H20N4O4/c1-23(19-13-16-9-5-6-10-18(16)31-19)21(29)26(22(30)24-23)14-20(28)27-12-11-17(25-27)15-7-3-2-4-8-15/h2-10,13H,11-12,14H2,1H3,(H,24,30). The van der Waals surface area contributed by atoms with Crippen molar-refractivity contribution in [1.29, 1.82) is 0 Å². The van der Waals surface area contributed by atoms with Crippen LogP contribution in [0.15, 0.2) is 70.2 Å². The second kappa shape index (κ2) is 7.09. The molecule has 2 aliphatic rings. The van der Waals surface area contributed by atoms with E-state index in [0.717, 1.165) is 21.6 Å². The minimum Gasteiger partial charge on any atom is -0.458 e. The third kappa shape index (κ3) is 3.16. The first-order valence-electron chi connectivity index (χ1n) is 10.0. The fourth-order valence-electron chi connectivity index (χ4n) is 3.92. The van der Waals surface area contributed by atoms with Crippen LogP contribution >= 0.6 is 0 Å². The van der Waals surface area contributed by atoms with E-state index in [-0.39, 0.29) is 6.54 Å². The molecular weight excluding hydrogens is 396 g/mol. The van der Waals surface area contributed by atoms with Gasteiger partial charge >= 0.3 is 6.03 Å². The van der Waals surface area contributed by atoms with Crippen LogP contribution in [-0.2, 0) is 15.1 Å². The van der Waals surface area contributed by atoms with Gasteiger partial charge in [-0.2, -0.15) is 5.10 Å². The second-order valence-corrected chi connectivity index (χ2v) is 7.77. The molecule has 0 bridgehead atoms. The van der Waals surface area contributed by atoms with Gasteiger partial charge in [0.15, 0.2) is 5.54 Å². The highest BCUT2D eigenvalue weighted by Gasteiger charge is 2.52. The van der Waals surface area contributed by atoms with Crippen LogP contribution in [-0.4, -0.2) is 46.6 Å². The summed E-state index contributed by atoms with van der Waals surface area (Å²) in [5, 5.41) is 9.21. The molecule has 8 heteroatoms. The van der Waals surface area contributed by atoms with E-state index >= 15 is 0 Å². The first-order valence-corrected chi connectivity index (χ1v) is 10.0. The number of hydrogen-bond acceptors (Lipinski definition) is 5. The van der Waals surface area contributed by atoms with E-state index in [1.165, 1.54) is 5.01 Å². The number of imide groups is 1. The lowest BCUT2D eigenvalue weighted by Crippen LogP contribution is -2.43. The number of nitrogens with zero attached hydrogens (tertiary/aromatic N) is 3.